The minimum Gasteiger partial charge on any atom is -0.476 e. The van der Waals surface area contributed by atoms with Gasteiger partial charge in [-0.25, -0.2) is 18.2 Å². The fraction of sp³-hybridized carbons (Fsp3) is 0.143. The average Bonchev–Trinajstić information content (AvgIpc) is 2.56. The number of nitrogens with zero attached hydrogens (tertiary/aromatic N) is 2. The Balaban J connectivity index is 2.91. The average molecular weight is 246 g/mol. The lowest BCUT2D eigenvalue weighted by Gasteiger charge is -1.95. The molecule has 6 nitrogen and oxygen atoms in total. The Kier molecular flexibility index (Phi) is 2.05. The van der Waals surface area contributed by atoms with Crippen LogP contribution in [0.3, 0.4) is 0 Å². The van der Waals surface area contributed by atoms with E-state index in [0.717, 1.165) is 6.26 Å². The maximum absolute atomic E-state index is 11.3. The van der Waals surface area contributed by atoms with E-state index in [-0.39, 0.29) is 10.7 Å². The van der Waals surface area contributed by atoms with Gasteiger partial charge < -0.3 is 5.11 Å². The molecule has 0 radical (unpaired) electrons. The molecule has 2 aromatic heterocycles. The van der Waals surface area contributed by atoms with Crippen molar-refractivity contribution in [1.29, 1.82) is 0 Å². The Bertz CT molecular complexity index is 637. The van der Waals surface area contributed by atoms with E-state index in [1.54, 1.807) is 5.38 Å². The number of aromatic nitrogens is 2. The molecule has 80 valence electrons. The first-order valence-corrected chi connectivity index (χ1v) is 6.57. The van der Waals surface area contributed by atoms with E-state index >= 15 is 0 Å². The van der Waals surface area contributed by atoms with E-state index in [1.807, 2.05) is 0 Å². The van der Waals surface area contributed by atoms with E-state index < -0.39 is 15.8 Å². The lowest BCUT2D eigenvalue weighted by atomic mass is 10.5. The molecule has 1 N–H and O–H groups in total. The third kappa shape index (κ3) is 1.51. The predicted molar refractivity (Wildman–Crippen MR) is 53.1 cm³/mol. The van der Waals surface area contributed by atoms with Crippen LogP contribution in [0.2, 0.25) is 0 Å². The van der Waals surface area contributed by atoms with Gasteiger partial charge in [-0.05, 0) is 0 Å². The second-order valence-corrected chi connectivity index (χ2v) is 5.70. The van der Waals surface area contributed by atoms with Gasteiger partial charge in [0, 0.05) is 17.8 Å². The standard InChI is InChI=1S/C7H6N2O4S2/c1-15(12,13)5-4(6(10)11)9-2-3-14-7(9)8-5/h2-3H,1H3,(H,10,11). The molecule has 0 bridgehead atoms. The number of hydrogen-bond donors (Lipinski definition) is 1. The molecule has 2 heterocycles. The molecule has 15 heavy (non-hydrogen) atoms. The van der Waals surface area contributed by atoms with Gasteiger partial charge in [0.15, 0.2) is 25.5 Å². The quantitative estimate of drug-likeness (QED) is 0.833. The highest BCUT2D eigenvalue weighted by molar-refractivity contribution is 7.90. The van der Waals surface area contributed by atoms with E-state index in [9.17, 15) is 13.2 Å². The highest BCUT2D eigenvalue weighted by Crippen LogP contribution is 2.20. The van der Waals surface area contributed by atoms with Crippen molar-refractivity contribution in [3.8, 4) is 0 Å². The van der Waals surface area contributed by atoms with Gasteiger partial charge in [0.05, 0.1) is 0 Å². The largest absolute Gasteiger partial charge is 0.476 e. The number of hydrogen-bond acceptors (Lipinski definition) is 5. The van der Waals surface area contributed by atoms with Crippen LogP contribution in [-0.2, 0) is 9.84 Å². The first kappa shape index (κ1) is 10.1. The van der Waals surface area contributed by atoms with E-state index in [0.29, 0.717) is 4.96 Å². The molecule has 0 fully saturated rings. The number of carboxylic acid groups (broad SMARTS) is 1. The molecule has 0 unspecified atom stereocenters. The lowest BCUT2D eigenvalue weighted by Crippen LogP contribution is -2.08. The van der Waals surface area contributed by atoms with Crippen LogP contribution < -0.4 is 0 Å². The number of thiazole rings is 1. The van der Waals surface area contributed by atoms with Gasteiger partial charge in [0.2, 0.25) is 0 Å². The fourth-order valence-electron chi connectivity index (χ4n) is 1.22. The lowest BCUT2D eigenvalue weighted by molar-refractivity contribution is 0.0684. The molecule has 2 aromatic rings. The number of aromatic carboxylic acids is 1. The maximum Gasteiger partial charge on any atom is 0.355 e. The predicted octanol–water partition coefficient (Wildman–Crippen LogP) is 0.497. The molecule has 0 saturated carbocycles. The van der Waals surface area contributed by atoms with Crippen LogP contribution in [0.5, 0.6) is 0 Å². The van der Waals surface area contributed by atoms with E-state index in [1.165, 1.54) is 21.9 Å². The number of sulfone groups is 1. The molecule has 0 atom stereocenters. The van der Waals surface area contributed by atoms with Crippen LogP contribution >= 0.6 is 11.3 Å². The number of rotatable bonds is 2. The topological polar surface area (TPSA) is 88.7 Å². The summed E-state index contributed by atoms with van der Waals surface area (Å²) < 4.78 is 23.8. The maximum atomic E-state index is 11.3. The fourth-order valence-corrected chi connectivity index (χ4v) is 2.78. The Morgan fingerprint density at radius 2 is 2.27 bits per heavy atom. The summed E-state index contributed by atoms with van der Waals surface area (Å²) in [6, 6.07) is 0. The van der Waals surface area contributed by atoms with Crippen LogP contribution in [0.15, 0.2) is 16.6 Å². The van der Waals surface area contributed by atoms with E-state index in [4.69, 9.17) is 5.11 Å². The Labute approximate surface area is 88.7 Å². The Hall–Kier alpha value is -1.41. The van der Waals surface area contributed by atoms with E-state index in [2.05, 4.69) is 4.98 Å². The van der Waals surface area contributed by atoms with Gasteiger partial charge in [0.1, 0.15) is 0 Å². The van der Waals surface area contributed by atoms with Crippen LogP contribution in [0, 0.1) is 0 Å². The van der Waals surface area contributed by atoms with Crippen molar-refractivity contribution in [1.82, 2.24) is 9.38 Å². The van der Waals surface area contributed by atoms with Gasteiger partial charge in [-0.2, -0.15) is 0 Å². The normalized spacial score (nSPS) is 12.1. The zero-order chi connectivity index (χ0) is 11.2. The summed E-state index contributed by atoms with van der Waals surface area (Å²) in [6.07, 6.45) is 2.41. The third-order valence-corrected chi connectivity index (χ3v) is 3.53. The number of carbonyl (C=O) groups is 1. The molecule has 0 aliphatic heterocycles. The zero-order valence-corrected chi connectivity index (χ0v) is 9.17. The van der Waals surface area contributed by atoms with Crippen molar-refractivity contribution in [2.24, 2.45) is 0 Å². The number of imidazole rings is 1. The Morgan fingerprint density at radius 1 is 1.60 bits per heavy atom. The summed E-state index contributed by atoms with van der Waals surface area (Å²) in [4.78, 5) is 15.1. The van der Waals surface area contributed by atoms with Crippen molar-refractivity contribution in [3.05, 3.63) is 17.3 Å². The first-order chi connectivity index (χ1) is 6.91. The highest BCUT2D eigenvalue weighted by Gasteiger charge is 2.25. The molecule has 0 spiro atoms. The van der Waals surface area contributed by atoms with Gasteiger partial charge in [-0.3, -0.25) is 4.40 Å². The van der Waals surface area contributed by atoms with Gasteiger partial charge in [-0.15, -0.1) is 11.3 Å². The monoisotopic (exact) mass is 246 g/mol. The van der Waals surface area contributed by atoms with Crippen LogP contribution in [0.25, 0.3) is 4.96 Å². The smallest absolute Gasteiger partial charge is 0.355 e. The highest BCUT2D eigenvalue weighted by atomic mass is 32.2. The molecule has 2 rings (SSSR count). The summed E-state index contributed by atoms with van der Waals surface area (Å²) in [5, 5.41) is 10.2. The molecular formula is C7H6N2O4S2. The SMILES string of the molecule is CS(=O)(=O)c1nc2sccn2c1C(=O)O. The minimum absolute atomic E-state index is 0.311. The summed E-state index contributed by atoms with van der Waals surface area (Å²) >= 11 is 1.18. The van der Waals surface area contributed by atoms with Crippen molar-refractivity contribution < 1.29 is 18.3 Å². The van der Waals surface area contributed by atoms with Gasteiger partial charge in [0.25, 0.3) is 0 Å². The van der Waals surface area contributed by atoms with Crippen molar-refractivity contribution >= 4 is 32.1 Å². The Morgan fingerprint density at radius 3 is 2.80 bits per heavy atom. The molecule has 0 aliphatic rings. The summed E-state index contributed by atoms with van der Waals surface area (Å²) in [5.41, 5.74) is -0.311. The van der Waals surface area contributed by atoms with Crippen LogP contribution in [0.4, 0.5) is 0 Å². The molecule has 0 aliphatic carbocycles. The molecular weight excluding hydrogens is 240 g/mol. The van der Waals surface area contributed by atoms with Gasteiger partial charge in [-0.1, -0.05) is 0 Å². The molecule has 0 saturated heterocycles. The molecule has 0 aromatic carbocycles. The van der Waals surface area contributed by atoms with Crippen molar-refractivity contribution in [3.63, 3.8) is 0 Å². The summed E-state index contributed by atoms with van der Waals surface area (Å²) in [5.74, 6) is -1.30. The van der Waals surface area contributed by atoms with Crippen molar-refractivity contribution in [2.45, 2.75) is 5.03 Å². The van der Waals surface area contributed by atoms with Crippen LogP contribution in [-0.4, -0.2) is 35.1 Å². The summed E-state index contributed by atoms with van der Waals surface area (Å²) in [7, 11) is -3.62. The second-order valence-electron chi connectivity index (χ2n) is 2.90. The molecule has 8 heteroatoms. The second kappa shape index (κ2) is 3.04. The first-order valence-electron chi connectivity index (χ1n) is 3.80. The van der Waals surface area contributed by atoms with Gasteiger partial charge >= 0.3 is 5.97 Å². The zero-order valence-electron chi connectivity index (χ0n) is 7.54. The minimum atomic E-state index is -3.62. The molecule has 0 amide bonds. The third-order valence-electron chi connectivity index (χ3n) is 1.78. The number of fused-ring (bicyclic) bond motifs is 1. The van der Waals surface area contributed by atoms with Crippen molar-refractivity contribution in [2.75, 3.05) is 6.26 Å². The summed E-state index contributed by atoms with van der Waals surface area (Å²) in [6.45, 7) is 0. The van der Waals surface area contributed by atoms with Crippen LogP contribution in [0.1, 0.15) is 10.5 Å². The number of carboxylic acids is 1.